The van der Waals surface area contributed by atoms with Gasteiger partial charge >= 0.3 is 0 Å². The Morgan fingerprint density at radius 1 is 1.00 bits per heavy atom. The fourth-order valence-corrected chi connectivity index (χ4v) is 2.56. The summed E-state index contributed by atoms with van der Waals surface area (Å²) in [4.78, 5) is 15.4. The van der Waals surface area contributed by atoms with Gasteiger partial charge in [-0.15, -0.1) is 0 Å². The van der Waals surface area contributed by atoms with Gasteiger partial charge in [0.2, 0.25) is 0 Å². The number of hydrogen-bond acceptors (Lipinski definition) is 2. The second-order valence-corrected chi connectivity index (χ2v) is 5.24. The normalized spacial score (nSPS) is 10.8. The van der Waals surface area contributed by atoms with Gasteiger partial charge in [-0.1, -0.05) is 36.4 Å². The monoisotopic (exact) mass is 302 g/mol. The van der Waals surface area contributed by atoms with E-state index in [1.165, 1.54) is 0 Å². The van der Waals surface area contributed by atoms with E-state index in [4.69, 9.17) is 0 Å². The first-order valence-electron chi connectivity index (χ1n) is 7.29. The Bertz CT molecular complexity index is 969. The number of para-hydroxylation sites is 2. The number of hydrogen-bond donors (Lipinski definition) is 3. The maximum Gasteiger partial charge on any atom is 0.257 e. The number of nitrogens with one attached hydrogen (secondary N) is 3. The van der Waals surface area contributed by atoms with Crippen molar-refractivity contribution in [1.82, 2.24) is 15.2 Å². The van der Waals surface area contributed by atoms with Crippen LogP contribution in [0.5, 0.6) is 0 Å². The molecular formula is C18H14N4O. The zero-order valence-electron chi connectivity index (χ0n) is 12.2. The first-order valence-corrected chi connectivity index (χ1v) is 7.29. The Labute approximate surface area is 132 Å². The molecule has 23 heavy (non-hydrogen) atoms. The number of aromatic nitrogens is 3. The SMILES string of the molecule is O=C(Nc1ccccc1)c1c[nH]c(-c2n[nH]c3ccccc23)c1. The predicted octanol–water partition coefficient (Wildman–Crippen LogP) is 3.81. The van der Waals surface area contributed by atoms with Crippen LogP contribution in [-0.2, 0) is 0 Å². The van der Waals surface area contributed by atoms with Crippen LogP contribution in [0, 0.1) is 0 Å². The topological polar surface area (TPSA) is 73.6 Å². The summed E-state index contributed by atoms with van der Waals surface area (Å²) in [6, 6.07) is 19.1. The van der Waals surface area contributed by atoms with E-state index in [0.717, 1.165) is 28.0 Å². The summed E-state index contributed by atoms with van der Waals surface area (Å²) < 4.78 is 0. The standard InChI is InChI=1S/C18H14N4O/c23-18(20-13-6-2-1-3-7-13)12-10-16(19-11-12)17-14-8-4-5-9-15(14)21-22-17/h1-11,19H,(H,20,23)(H,21,22). The van der Waals surface area contributed by atoms with E-state index in [1.54, 1.807) is 12.3 Å². The average molecular weight is 302 g/mol. The van der Waals surface area contributed by atoms with Gasteiger partial charge < -0.3 is 10.3 Å². The van der Waals surface area contributed by atoms with Crippen molar-refractivity contribution in [2.24, 2.45) is 0 Å². The molecule has 2 aromatic heterocycles. The largest absolute Gasteiger partial charge is 0.359 e. The highest BCUT2D eigenvalue weighted by Crippen LogP contribution is 2.25. The molecule has 0 aliphatic heterocycles. The van der Waals surface area contributed by atoms with Crippen LogP contribution in [-0.4, -0.2) is 21.1 Å². The molecule has 0 unspecified atom stereocenters. The van der Waals surface area contributed by atoms with Crippen LogP contribution in [0.3, 0.4) is 0 Å². The minimum atomic E-state index is -0.154. The lowest BCUT2D eigenvalue weighted by Crippen LogP contribution is -2.10. The van der Waals surface area contributed by atoms with Crippen molar-refractivity contribution in [3.8, 4) is 11.4 Å². The van der Waals surface area contributed by atoms with E-state index >= 15 is 0 Å². The highest BCUT2D eigenvalue weighted by molar-refractivity contribution is 6.05. The van der Waals surface area contributed by atoms with Crippen molar-refractivity contribution < 1.29 is 4.79 Å². The number of benzene rings is 2. The summed E-state index contributed by atoms with van der Waals surface area (Å²) in [5.41, 5.74) is 3.91. The molecule has 4 rings (SSSR count). The van der Waals surface area contributed by atoms with Gasteiger partial charge in [0, 0.05) is 17.3 Å². The molecule has 1 amide bonds. The highest BCUT2D eigenvalue weighted by Gasteiger charge is 2.13. The minimum Gasteiger partial charge on any atom is -0.359 e. The van der Waals surface area contributed by atoms with Crippen LogP contribution in [0.25, 0.3) is 22.3 Å². The summed E-state index contributed by atoms with van der Waals surface area (Å²) in [5, 5.41) is 11.2. The van der Waals surface area contributed by atoms with Gasteiger partial charge in [0.15, 0.2) is 0 Å². The molecule has 0 saturated carbocycles. The van der Waals surface area contributed by atoms with Gasteiger partial charge in [0.1, 0.15) is 5.69 Å². The number of anilines is 1. The van der Waals surface area contributed by atoms with Crippen molar-refractivity contribution in [3.05, 3.63) is 72.4 Å². The van der Waals surface area contributed by atoms with Crippen LogP contribution in [0.1, 0.15) is 10.4 Å². The maximum absolute atomic E-state index is 12.3. The predicted molar refractivity (Wildman–Crippen MR) is 90.3 cm³/mol. The smallest absolute Gasteiger partial charge is 0.257 e. The summed E-state index contributed by atoms with van der Waals surface area (Å²) in [5.74, 6) is -0.154. The van der Waals surface area contributed by atoms with Crippen LogP contribution < -0.4 is 5.32 Å². The first kappa shape index (κ1) is 13.3. The molecule has 2 heterocycles. The molecule has 4 aromatic rings. The molecule has 0 aliphatic rings. The summed E-state index contributed by atoms with van der Waals surface area (Å²) in [6.45, 7) is 0. The Balaban J connectivity index is 1.63. The molecule has 0 radical (unpaired) electrons. The quantitative estimate of drug-likeness (QED) is 0.538. The third-order valence-corrected chi connectivity index (χ3v) is 3.70. The minimum absolute atomic E-state index is 0.154. The van der Waals surface area contributed by atoms with Gasteiger partial charge in [0.05, 0.1) is 16.8 Å². The molecule has 5 nitrogen and oxygen atoms in total. The average Bonchev–Trinajstić information content (AvgIpc) is 3.22. The number of aromatic amines is 2. The zero-order valence-corrected chi connectivity index (χ0v) is 12.2. The number of fused-ring (bicyclic) bond motifs is 1. The van der Waals surface area contributed by atoms with E-state index in [9.17, 15) is 4.79 Å². The lowest BCUT2D eigenvalue weighted by atomic mass is 10.1. The van der Waals surface area contributed by atoms with Crippen molar-refractivity contribution in [2.45, 2.75) is 0 Å². The number of H-pyrrole nitrogens is 2. The number of nitrogens with zero attached hydrogens (tertiary/aromatic N) is 1. The second-order valence-electron chi connectivity index (χ2n) is 5.24. The Hall–Kier alpha value is -3.34. The third kappa shape index (κ3) is 2.48. The lowest BCUT2D eigenvalue weighted by Gasteiger charge is -2.02. The van der Waals surface area contributed by atoms with Crippen LogP contribution in [0.15, 0.2) is 66.9 Å². The fourth-order valence-electron chi connectivity index (χ4n) is 2.56. The Kier molecular flexibility index (Phi) is 3.16. The molecule has 0 fully saturated rings. The van der Waals surface area contributed by atoms with Crippen LogP contribution in [0.4, 0.5) is 5.69 Å². The fraction of sp³-hybridized carbons (Fsp3) is 0. The molecule has 0 atom stereocenters. The van der Waals surface area contributed by atoms with Crippen molar-refractivity contribution in [1.29, 1.82) is 0 Å². The van der Waals surface area contributed by atoms with E-state index in [-0.39, 0.29) is 5.91 Å². The van der Waals surface area contributed by atoms with Crippen LogP contribution in [0.2, 0.25) is 0 Å². The molecule has 2 aromatic carbocycles. The molecule has 5 heteroatoms. The summed E-state index contributed by atoms with van der Waals surface area (Å²) in [7, 11) is 0. The third-order valence-electron chi connectivity index (χ3n) is 3.70. The van der Waals surface area contributed by atoms with E-state index < -0.39 is 0 Å². The number of rotatable bonds is 3. The zero-order chi connectivity index (χ0) is 15.6. The summed E-state index contributed by atoms with van der Waals surface area (Å²) in [6.07, 6.45) is 1.69. The van der Waals surface area contributed by atoms with Gasteiger partial charge in [-0.05, 0) is 24.3 Å². The van der Waals surface area contributed by atoms with E-state index in [0.29, 0.717) is 5.56 Å². The number of carbonyl (C=O) groups excluding carboxylic acids is 1. The number of amides is 1. The van der Waals surface area contributed by atoms with E-state index in [1.807, 2.05) is 54.6 Å². The lowest BCUT2D eigenvalue weighted by molar-refractivity contribution is 0.102. The molecule has 0 aliphatic carbocycles. The molecule has 3 N–H and O–H groups in total. The second kappa shape index (κ2) is 5.46. The Morgan fingerprint density at radius 3 is 2.65 bits per heavy atom. The van der Waals surface area contributed by atoms with Gasteiger partial charge in [-0.25, -0.2) is 0 Å². The Morgan fingerprint density at radius 2 is 1.78 bits per heavy atom. The van der Waals surface area contributed by atoms with E-state index in [2.05, 4.69) is 20.5 Å². The van der Waals surface area contributed by atoms with Crippen molar-refractivity contribution in [2.75, 3.05) is 5.32 Å². The van der Waals surface area contributed by atoms with Gasteiger partial charge in [-0.2, -0.15) is 5.10 Å². The van der Waals surface area contributed by atoms with Crippen LogP contribution >= 0.6 is 0 Å². The highest BCUT2D eigenvalue weighted by atomic mass is 16.1. The molecule has 0 spiro atoms. The molecular weight excluding hydrogens is 288 g/mol. The van der Waals surface area contributed by atoms with Gasteiger partial charge in [-0.3, -0.25) is 9.89 Å². The molecule has 112 valence electrons. The molecule has 0 saturated heterocycles. The molecule has 0 bridgehead atoms. The summed E-state index contributed by atoms with van der Waals surface area (Å²) >= 11 is 0. The van der Waals surface area contributed by atoms with Crippen molar-refractivity contribution in [3.63, 3.8) is 0 Å². The maximum atomic E-state index is 12.3. The number of carbonyl (C=O) groups is 1. The van der Waals surface area contributed by atoms with Gasteiger partial charge in [0.25, 0.3) is 5.91 Å². The van der Waals surface area contributed by atoms with Crippen molar-refractivity contribution >= 4 is 22.5 Å². The first-order chi connectivity index (χ1) is 11.3.